The lowest BCUT2D eigenvalue weighted by Gasteiger charge is -2.22. The minimum Gasteiger partial charge on any atom is -0.0810 e. The van der Waals surface area contributed by atoms with Gasteiger partial charge in [0, 0.05) is 0 Å². The van der Waals surface area contributed by atoms with Crippen molar-refractivity contribution in [3.63, 3.8) is 0 Å². The fourth-order valence-electron chi connectivity index (χ4n) is 2.22. The van der Waals surface area contributed by atoms with Crippen molar-refractivity contribution in [2.75, 3.05) is 0 Å². The maximum atomic E-state index is 2.38. The van der Waals surface area contributed by atoms with E-state index >= 15 is 0 Å². The van der Waals surface area contributed by atoms with Gasteiger partial charge in [0.25, 0.3) is 0 Å². The van der Waals surface area contributed by atoms with Crippen molar-refractivity contribution in [3.8, 4) is 0 Å². The van der Waals surface area contributed by atoms with Gasteiger partial charge in [0.15, 0.2) is 0 Å². The van der Waals surface area contributed by atoms with E-state index in [0.29, 0.717) is 5.92 Å². The fourth-order valence-corrected chi connectivity index (χ4v) is 2.22. The summed E-state index contributed by atoms with van der Waals surface area (Å²) in [5.41, 5.74) is 4.84. The third kappa shape index (κ3) is 1.80. The molecule has 68 valence electrons. The Bertz CT molecular complexity index is 216. The molecular weight excluding hydrogens is 144 g/mol. The van der Waals surface area contributed by atoms with Gasteiger partial charge in [0.2, 0.25) is 0 Å². The topological polar surface area (TPSA) is 0 Å². The van der Waals surface area contributed by atoms with E-state index in [2.05, 4.69) is 33.8 Å². The molecule has 0 radical (unpaired) electrons. The zero-order valence-electron chi connectivity index (χ0n) is 8.78. The molecule has 12 heavy (non-hydrogen) atoms. The lowest BCUT2D eigenvalue weighted by atomic mass is 9.84. The normalized spacial score (nSPS) is 18.6. The third-order valence-corrected chi connectivity index (χ3v) is 2.71. The molecule has 1 aliphatic rings. The smallest absolute Gasteiger partial charge is 0.0217 e. The van der Waals surface area contributed by atoms with Gasteiger partial charge in [-0.3, -0.25) is 0 Å². The molecule has 0 bridgehead atoms. The van der Waals surface area contributed by atoms with Crippen LogP contribution in [-0.4, -0.2) is 0 Å². The summed E-state index contributed by atoms with van der Waals surface area (Å²) >= 11 is 0. The van der Waals surface area contributed by atoms with E-state index in [1.165, 1.54) is 24.8 Å². The van der Waals surface area contributed by atoms with Crippen molar-refractivity contribution in [3.05, 3.63) is 22.8 Å². The zero-order valence-corrected chi connectivity index (χ0v) is 8.78. The van der Waals surface area contributed by atoms with Crippen LogP contribution in [0.15, 0.2) is 22.8 Å². The highest BCUT2D eigenvalue weighted by atomic mass is 14.2. The predicted molar refractivity (Wildman–Crippen MR) is 55.1 cm³/mol. The van der Waals surface area contributed by atoms with Crippen molar-refractivity contribution < 1.29 is 0 Å². The number of allylic oxidation sites excluding steroid dienone is 4. The Hall–Kier alpha value is -0.520. The Morgan fingerprint density at radius 1 is 1.42 bits per heavy atom. The van der Waals surface area contributed by atoms with Gasteiger partial charge in [0.1, 0.15) is 0 Å². The number of hydrogen-bond acceptors (Lipinski definition) is 0. The van der Waals surface area contributed by atoms with Crippen molar-refractivity contribution >= 4 is 0 Å². The Labute approximate surface area is 76.4 Å². The first-order valence-corrected chi connectivity index (χ1v) is 5.05. The Morgan fingerprint density at radius 2 is 2.08 bits per heavy atom. The van der Waals surface area contributed by atoms with E-state index in [9.17, 15) is 0 Å². The molecule has 1 aliphatic carbocycles. The van der Waals surface area contributed by atoms with Crippen LogP contribution in [0.25, 0.3) is 0 Å². The summed E-state index contributed by atoms with van der Waals surface area (Å²) in [7, 11) is 0. The highest BCUT2D eigenvalue weighted by molar-refractivity contribution is 5.38. The van der Waals surface area contributed by atoms with Gasteiger partial charge in [0.05, 0.1) is 0 Å². The van der Waals surface area contributed by atoms with E-state index in [0.717, 1.165) is 0 Å². The monoisotopic (exact) mass is 164 g/mol. The molecule has 0 aromatic heterocycles. The van der Waals surface area contributed by atoms with E-state index in [1.54, 1.807) is 11.1 Å². The van der Waals surface area contributed by atoms with Crippen LogP contribution >= 0.6 is 0 Å². The first-order chi connectivity index (χ1) is 5.66. The molecule has 0 aromatic carbocycles. The summed E-state index contributed by atoms with van der Waals surface area (Å²) in [5.74, 6) is 0.705. The number of hydrogen-bond donors (Lipinski definition) is 0. The van der Waals surface area contributed by atoms with Crippen LogP contribution in [0.4, 0.5) is 0 Å². The van der Waals surface area contributed by atoms with Gasteiger partial charge >= 0.3 is 0 Å². The van der Waals surface area contributed by atoms with Crippen LogP contribution in [0, 0.1) is 5.92 Å². The van der Waals surface area contributed by atoms with Gasteiger partial charge < -0.3 is 0 Å². The Balaban J connectivity index is 2.98. The van der Waals surface area contributed by atoms with E-state index in [1.807, 2.05) is 0 Å². The summed E-state index contributed by atoms with van der Waals surface area (Å²) in [6.45, 7) is 9.13. The van der Waals surface area contributed by atoms with Gasteiger partial charge in [-0.1, -0.05) is 38.0 Å². The standard InChI is InChI=1S/C12H20/c1-5-11-8-6-7-10(4)12(11)9(2)3/h7,9H,5-6,8H2,1-4H3. The largest absolute Gasteiger partial charge is 0.0810 e. The molecule has 0 saturated carbocycles. The molecule has 0 aliphatic heterocycles. The first-order valence-electron chi connectivity index (χ1n) is 5.05. The molecule has 1 rings (SSSR count). The van der Waals surface area contributed by atoms with Crippen LogP contribution < -0.4 is 0 Å². The van der Waals surface area contributed by atoms with Gasteiger partial charge in [-0.15, -0.1) is 0 Å². The quantitative estimate of drug-likeness (QED) is 0.576. The van der Waals surface area contributed by atoms with Crippen molar-refractivity contribution in [1.29, 1.82) is 0 Å². The second kappa shape index (κ2) is 3.93. The maximum Gasteiger partial charge on any atom is -0.0217 e. The average molecular weight is 164 g/mol. The van der Waals surface area contributed by atoms with Crippen molar-refractivity contribution in [2.24, 2.45) is 5.92 Å². The second-order valence-corrected chi connectivity index (χ2v) is 3.95. The lowest BCUT2D eigenvalue weighted by molar-refractivity contribution is 0.720. The lowest BCUT2D eigenvalue weighted by Crippen LogP contribution is -2.04. The molecule has 0 heterocycles. The molecule has 0 fully saturated rings. The zero-order chi connectivity index (χ0) is 9.14. The minimum atomic E-state index is 0.705. The molecule has 0 atom stereocenters. The summed E-state index contributed by atoms with van der Waals surface area (Å²) in [6.07, 6.45) is 6.17. The molecule has 0 heteroatoms. The molecule has 0 unspecified atom stereocenters. The van der Waals surface area contributed by atoms with E-state index in [4.69, 9.17) is 0 Å². The van der Waals surface area contributed by atoms with Crippen LogP contribution in [-0.2, 0) is 0 Å². The summed E-state index contributed by atoms with van der Waals surface area (Å²) < 4.78 is 0. The summed E-state index contributed by atoms with van der Waals surface area (Å²) in [5, 5.41) is 0. The van der Waals surface area contributed by atoms with E-state index < -0.39 is 0 Å². The molecular formula is C12H20. The fraction of sp³-hybridized carbons (Fsp3) is 0.667. The van der Waals surface area contributed by atoms with Gasteiger partial charge in [-0.05, 0) is 37.7 Å². The second-order valence-electron chi connectivity index (χ2n) is 3.95. The molecule has 0 saturated heterocycles. The Morgan fingerprint density at radius 3 is 2.50 bits per heavy atom. The highest BCUT2D eigenvalue weighted by Crippen LogP contribution is 2.31. The van der Waals surface area contributed by atoms with Gasteiger partial charge in [-0.25, -0.2) is 0 Å². The van der Waals surface area contributed by atoms with E-state index in [-0.39, 0.29) is 0 Å². The van der Waals surface area contributed by atoms with Crippen LogP contribution in [0.5, 0.6) is 0 Å². The third-order valence-electron chi connectivity index (χ3n) is 2.71. The van der Waals surface area contributed by atoms with Crippen molar-refractivity contribution in [1.82, 2.24) is 0 Å². The van der Waals surface area contributed by atoms with Crippen molar-refractivity contribution in [2.45, 2.75) is 47.0 Å². The van der Waals surface area contributed by atoms with Crippen LogP contribution in [0.2, 0.25) is 0 Å². The summed E-state index contributed by atoms with van der Waals surface area (Å²) in [6, 6.07) is 0. The molecule has 0 spiro atoms. The molecule has 0 amide bonds. The Kier molecular flexibility index (Phi) is 3.13. The molecule has 0 aromatic rings. The predicted octanol–water partition coefficient (Wildman–Crippen LogP) is 4.09. The number of rotatable bonds is 2. The SMILES string of the molecule is CCC1=C(C(C)C)C(C)=CCC1. The van der Waals surface area contributed by atoms with Crippen LogP contribution in [0.1, 0.15) is 47.0 Å². The minimum absolute atomic E-state index is 0.705. The van der Waals surface area contributed by atoms with Gasteiger partial charge in [-0.2, -0.15) is 0 Å². The molecule has 0 nitrogen and oxygen atoms in total. The molecule has 0 N–H and O–H groups in total. The summed E-state index contributed by atoms with van der Waals surface area (Å²) in [4.78, 5) is 0. The highest BCUT2D eigenvalue weighted by Gasteiger charge is 2.14. The van der Waals surface area contributed by atoms with Crippen LogP contribution in [0.3, 0.4) is 0 Å². The average Bonchev–Trinajstić information content (AvgIpc) is 2.03. The first kappa shape index (κ1) is 9.57. The maximum absolute atomic E-state index is 2.38.